The summed E-state index contributed by atoms with van der Waals surface area (Å²) in [5, 5.41) is 12.8. The van der Waals surface area contributed by atoms with E-state index in [1.165, 1.54) is 11.3 Å². The molecule has 1 aliphatic carbocycles. The first kappa shape index (κ1) is 18.4. The third-order valence-electron chi connectivity index (χ3n) is 5.64. The largest absolute Gasteiger partial charge is 0.387 e. The van der Waals surface area contributed by atoms with Crippen LogP contribution in [0.3, 0.4) is 0 Å². The number of thiophene rings is 1. The maximum Gasteiger partial charge on any atom is 0.258 e. The number of aliphatic hydroxyl groups is 1. The highest BCUT2D eigenvalue weighted by molar-refractivity contribution is 7.18. The Kier molecular flexibility index (Phi) is 4.08. The lowest BCUT2D eigenvalue weighted by molar-refractivity contribution is -0.141. The van der Waals surface area contributed by atoms with Crippen molar-refractivity contribution in [1.29, 1.82) is 0 Å². The van der Waals surface area contributed by atoms with E-state index in [0.717, 1.165) is 26.9 Å². The number of halogens is 2. The van der Waals surface area contributed by atoms with Gasteiger partial charge >= 0.3 is 0 Å². The van der Waals surface area contributed by atoms with Gasteiger partial charge in [-0.1, -0.05) is 6.07 Å². The molecule has 3 heterocycles. The van der Waals surface area contributed by atoms with Crippen LogP contribution in [0.15, 0.2) is 53.5 Å². The Bertz CT molecular complexity index is 1300. The molecule has 1 atom stereocenters. The second-order valence-corrected chi connectivity index (χ2v) is 8.80. The number of aliphatic hydroxyl groups excluding tert-OH is 1. The van der Waals surface area contributed by atoms with Gasteiger partial charge in [-0.3, -0.25) is 4.79 Å². The SMILES string of the molecule is Cn1ccc2cc(-c3ccc4cc([C@@H](O)C5CC(F)(F)C5)sc4n3)ccc2c1=O. The number of pyridine rings is 2. The molecule has 1 aromatic carbocycles. The number of nitrogens with zero attached hydrogens (tertiary/aromatic N) is 2. The molecule has 0 amide bonds. The molecule has 29 heavy (non-hydrogen) atoms. The van der Waals surface area contributed by atoms with Crippen LogP contribution in [0.4, 0.5) is 8.78 Å². The molecule has 0 bridgehead atoms. The van der Waals surface area contributed by atoms with Gasteiger partial charge < -0.3 is 9.67 Å². The van der Waals surface area contributed by atoms with Crippen LogP contribution in [-0.2, 0) is 7.05 Å². The van der Waals surface area contributed by atoms with Gasteiger partial charge in [-0.15, -0.1) is 11.3 Å². The number of hydrogen-bond donors (Lipinski definition) is 1. The average molecular weight is 412 g/mol. The van der Waals surface area contributed by atoms with E-state index < -0.39 is 17.9 Å². The predicted octanol–water partition coefficient (Wildman–Crippen LogP) is 4.89. The summed E-state index contributed by atoms with van der Waals surface area (Å²) in [6, 6.07) is 13.2. The van der Waals surface area contributed by atoms with Gasteiger partial charge in [-0.2, -0.15) is 0 Å². The molecule has 1 N–H and O–H groups in total. The number of hydrogen-bond acceptors (Lipinski definition) is 4. The molecule has 0 unspecified atom stereocenters. The van der Waals surface area contributed by atoms with Gasteiger partial charge in [-0.05, 0) is 41.8 Å². The third-order valence-corrected chi connectivity index (χ3v) is 6.75. The minimum absolute atomic E-state index is 0.0454. The van der Waals surface area contributed by atoms with Crippen molar-refractivity contribution in [3.05, 3.63) is 63.9 Å². The van der Waals surface area contributed by atoms with Crippen molar-refractivity contribution in [2.75, 3.05) is 0 Å². The van der Waals surface area contributed by atoms with Crippen LogP contribution in [-0.4, -0.2) is 20.6 Å². The van der Waals surface area contributed by atoms with E-state index in [4.69, 9.17) is 4.98 Å². The minimum atomic E-state index is -2.65. The van der Waals surface area contributed by atoms with Crippen molar-refractivity contribution in [3.8, 4) is 11.3 Å². The van der Waals surface area contributed by atoms with Crippen molar-refractivity contribution in [1.82, 2.24) is 9.55 Å². The lowest BCUT2D eigenvalue weighted by Gasteiger charge is -2.37. The van der Waals surface area contributed by atoms with Gasteiger partial charge in [0.05, 0.1) is 11.8 Å². The molecule has 1 saturated carbocycles. The van der Waals surface area contributed by atoms with E-state index in [0.29, 0.717) is 10.3 Å². The molecule has 4 aromatic rings. The average Bonchev–Trinajstić information content (AvgIpc) is 3.11. The molecule has 1 aliphatic rings. The summed E-state index contributed by atoms with van der Waals surface area (Å²) in [7, 11) is 1.72. The molecule has 0 radical (unpaired) electrons. The number of aryl methyl sites for hydroxylation is 1. The Morgan fingerprint density at radius 3 is 2.72 bits per heavy atom. The van der Waals surface area contributed by atoms with Gasteiger partial charge in [-0.25, -0.2) is 13.8 Å². The highest BCUT2D eigenvalue weighted by Gasteiger charge is 2.48. The Morgan fingerprint density at radius 2 is 1.97 bits per heavy atom. The topological polar surface area (TPSA) is 55.1 Å². The van der Waals surface area contributed by atoms with Gasteiger partial charge in [0.1, 0.15) is 4.83 Å². The first-order valence-electron chi connectivity index (χ1n) is 9.37. The van der Waals surface area contributed by atoms with Gasteiger partial charge in [0.25, 0.3) is 5.56 Å². The fourth-order valence-corrected chi connectivity index (χ4v) is 5.02. The van der Waals surface area contributed by atoms with Crippen LogP contribution in [0.1, 0.15) is 23.8 Å². The lowest BCUT2D eigenvalue weighted by Crippen LogP contribution is -2.38. The molecule has 1 fully saturated rings. The van der Waals surface area contributed by atoms with Gasteiger partial charge in [0.2, 0.25) is 5.92 Å². The van der Waals surface area contributed by atoms with E-state index >= 15 is 0 Å². The Labute approximate surface area is 169 Å². The molecule has 148 valence electrons. The molecule has 0 aliphatic heterocycles. The van der Waals surface area contributed by atoms with Gasteiger partial charge in [0.15, 0.2) is 0 Å². The quantitative estimate of drug-likeness (QED) is 0.521. The normalized spacial score (nSPS) is 17.5. The van der Waals surface area contributed by atoms with Crippen LogP contribution in [0.5, 0.6) is 0 Å². The van der Waals surface area contributed by atoms with E-state index in [1.54, 1.807) is 23.9 Å². The van der Waals surface area contributed by atoms with Crippen LogP contribution in [0.25, 0.3) is 32.2 Å². The molecule has 4 nitrogen and oxygen atoms in total. The fourth-order valence-electron chi connectivity index (χ4n) is 3.91. The zero-order valence-corrected chi connectivity index (χ0v) is 16.4. The standard InChI is InChI=1S/C22H18F2N2O2S/c1-26-7-6-12-8-13(2-4-16(12)21(26)28)17-5-3-14-9-18(29-20(14)25-17)19(27)15-10-22(23,24)11-15/h2-9,15,19,27H,10-11H2,1H3/t19-/m0/s1. The zero-order valence-electron chi connectivity index (χ0n) is 15.6. The maximum atomic E-state index is 13.1. The van der Waals surface area contributed by atoms with Crippen LogP contribution >= 0.6 is 11.3 Å². The Morgan fingerprint density at radius 1 is 1.17 bits per heavy atom. The molecule has 7 heteroatoms. The van der Waals surface area contributed by atoms with Crippen molar-refractivity contribution in [2.24, 2.45) is 13.0 Å². The van der Waals surface area contributed by atoms with E-state index in [1.807, 2.05) is 36.4 Å². The van der Waals surface area contributed by atoms with E-state index in [2.05, 4.69) is 0 Å². The molecule has 3 aromatic heterocycles. The van der Waals surface area contributed by atoms with Crippen molar-refractivity contribution in [2.45, 2.75) is 24.9 Å². The first-order valence-corrected chi connectivity index (χ1v) is 10.2. The predicted molar refractivity (Wildman–Crippen MR) is 110 cm³/mol. The summed E-state index contributed by atoms with van der Waals surface area (Å²) in [6.45, 7) is 0. The highest BCUT2D eigenvalue weighted by atomic mass is 32.1. The van der Waals surface area contributed by atoms with Crippen LogP contribution < -0.4 is 5.56 Å². The Hall–Kier alpha value is -2.64. The maximum absolute atomic E-state index is 13.1. The van der Waals surface area contributed by atoms with Crippen molar-refractivity contribution in [3.63, 3.8) is 0 Å². The summed E-state index contributed by atoms with van der Waals surface area (Å²) < 4.78 is 27.8. The first-order chi connectivity index (χ1) is 13.8. The molecular formula is C22H18F2N2O2S. The highest BCUT2D eigenvalue weighted by Crippen LogP contribution is 2.49. The summed E-state index contributed by atoms with van der Waals surface area (Å²) >= 11 is 1.34. The number of benzene rings is 1. The second kappa shape index (κ2) is 6.43. The molecule has 5 rings (SSSR count). The number of rotatable bonds is 3. The summed E-state index contributed by atoms with van der Waals surface area (Å²) in [6.07, 6.45) is 0.325. The monoisotopic (exact) mass is 412 g/mol. The Balaban J connectivity index is 1.49. The second-order valence-electron chi connectivity index (χ2n) is 7.74. The van der Waals surface area contributed by atoms with E-state index in [-0.39, 0.29) is 18.4 Å². The smallest absolute Gasteiger partial charge is 0.258 e. The van der Waals surface area contributed by atoms with Crippen LogP contribution in [0, 0.1) is 5.92 Å². The van der Waals surface area contributed by atoms with Crippen LogP contribution in [0.2, 0.25) is 0 Å². The molecule has 0 spiro atoms. The minimum Gasteiger partial charge on any atom is -0.387 e. The fraction of sp³-hybridized carbons (Fsp3) is 0.273. The third kappa shape index (κ3) is 3.14. The number of fused-ring (bicyclic) bond motifs is 2. The van der Waals surface area contributed by atoms with Gasteiger partial charge in [0, 0.05) is 53.2 Å². The molecule has 0 saturated heterocycles. The van der Waals surface area contributed by atoms with Crippen molar-refractivity contribution < 1.29 is 13.9 Å². The summed E-state index contributed by atoms with van der Waals surface area (Å²) in [5.41, 5.74) is 1.61. The van der Waals surface area contributed by atoms with Crippen molar-refractivity contribution >= 4 is 32.3 Å². The number of aromatic nitrogens is 2. The lowest BCUT2D eigenvalue weighted by atomic mass is 9.77. The summed E-state index contributed by atoms with van der Waals surface area (Å²) in [5.74, 6) is -3.05. The summed E-state index contributed by atoms with van der Waals surface area (Å²) in [4.78, 5) is 18.4. The van der Waals surface area contributed by atoms with E-state index in [9.17, 15) is 18.7 Å². The molecular weight excluding hydrogens is 394 g/mol. The zero-order chi connectivity index (χ0) is 20.3. The number of alkyl halides is 2.